The Bertz CT molecular complexity index is 659. The molecule has 0 saturated heterocycles. The zero-order chi connectivity index (χ0) is 15.4. The molecule has 0 radical (unpaired) electrons. The Labute approximate surface area is 128 Å². The number of ether oxygens (including phenoxy) is 1. The normalized spacial score (nSPS) is 10.7. The van der Waals surface area contributed by atoms with Gasteiger partial charge in [-0.15, -0.1) is 0 Å². The highest BCUT2D eigenvalue weighted by Gasteiger charge is 2.19. The third-order valence-corrected chi connectivity index (χ3v) is 3.14. The summed E-state index contributed by atoms with van der Waals surface area (Å²) in [5, 5.41) is 0.469. The Balaban J connectivity index is 2.51. The third kappa shape index (κ3) is 3.36. The van der Waals surface area contributed by atoms with Gasteiger partial charge in [0.25, 0.3) is 0 Å². The van der Waals surface area contributed by atoms with E-state index in [1.807, 2.05) is 13.8 Å². The topological polar surface area (TPSA) is 65.0 Å². The number of hydrogen-bond donors (Lipinski definition) is 0. The van der Waals surface area contributed by atoms with Crippen LogP contribution in [0, 0.1) is 0 Å². The minimum atomic E-state index is -0.417. The lowest BCUT2D eigenvalue weighted by molar-refractivity contribution is 0.0523. The van der Waals surface area contributed by atoms with Crippen molar-refractivity contribution in [3.8, 4) is 11.5 Å². The second-order valence-electron chi connectivity index (χ2n) is 4.70. The van der Waals surface area contributed by atoms with Crippen LogP contribution in [0.25, 0.3) is 11.5 Å². The summed E-state index contributed by atoms with van der Waals surface area (Å²) >= 11 is 6.11. The van der Waals surface area contributed by atoms with E-state index in [1.165, 1.54) is 6.20 Å². The number of rotatable bonds is 4. The van der Waals surface area contributed by atoms with Crippen LogP contribution in [0.2, 0.25) is 5.02 Å². The molecule has 0 bridgehead atoms. The molecule has 2 aromatic heterocycles. The van der Waals surface area contributed by atoms with Gasteiger partial charge in [0.1, 0.15) is 5.69 Å². The van der Waals surface area contributed by atoms with Gasteiger partial charge in [0.15, 0.2) is 5.82 Å². The molecule has 0 aliphatic carbocycles. The molecule has 2 heterocycles. The van der Waals surface area contributed by atoms with Crippen molar-refractivity contribution in [2.45, 2.75) is 26.7 Å². The van der Waals surface area contributed by atoms with Crippen molar-refractivity contribution in [3.05, 3.63) is 40.8 Å². The van der Waals surface area contributed by atoms with Crippen LogP contribution in [-0.4, -0.2) is 27.5 Å². The zero-order valence-electron chi connectivity index (χ0n) is 12.1. The summed E-state index contributed by atoms with van der Waals surface area (Å²) in [6.07, 6.45) is 3.10. The highest BCUT2D eigenvalue weighted by Crippen LogP contribution is 2.25. The summed E-state index contributed by atoms with van der Waals surface area (Å²) in [4.78, 5) is 24.8. The monoisotopic (exact) mass is 305 g/mol. The predicted molar refractivity (Wildman–Crippen MR) is 80.3 cm³/mol. The number of aromatic nitrogens is 3. The summed E-state index contributed by atoms with van der Waals surface area (Å²) in [6, 6.07) is 3.46. The molecule has 0 atom stereocenters. The van der Waals surface area contributed by atoms with Gasteiger partial charge in [0, 0.05) is 12.4 Å². The second kappa shape index (κ2) is 6.63. The van der Waals surface area contributed by atoms with E-state index < -0.39 is 5.97 Å². The Hall–Kier alpha value is -2.01. The minimum absolute atomic E-state index is 0.0497. The van der Waals surface area contributed by atoms with Gasteiger partial charge < -0.3 is 4.74 Å². The molecule has 0 unspecified atom stereocenters. The van der Waals surface area contributed by atoms with Gasteiger partial charge in [-0.25, -0.2) is 14.8 Å². The lowest BCUT2D eigenvalue weighted by atomic mass is 10.1. The van der Waals surface area contributed by atoms with Gasteiger partial charge in [-0.05, 0) is 25.0 Å². The van der Waals surface area contributed by atoms with Gasteiger partial charge in [-0.2, -0.15) is 0 Å². The largest absolute Gasteiger partial charge is 0.462 e. The van der Waals surface area contributed by atoms with E-state index in [2.05, 4.69) is 15.0 Å². The molecular formula is C15H16ClN3O2. The fourth-order valence-electron chi connectivity index (χ4n) is 1.87. The lowest BCUT2D eigenvalue weighted by Crippen LogP contribution is -2.12. The number of carbonyl (C=O) groups excluding carboxylic acids is 1. The van der Waals surface area contributed by atoms with Crippen molar-refractivity contribution < 1.29 is 9.53 Å². The highest BCUT2D eigenvalue weighted by atomic mass is 35.5. The third-order valence-electron chi connectivity index (χ3n) is 2.83. The van der Waals surface area contributed by atoms with Crippen molar-refractivity contribution >= 4 is 17.6 Å². The van der Waals surface area contributed by atoms with E-state index in [9.17, 15) is 4.79 Å². The standard InChI is InChI=1S/C15H16ClN3O2/c1-4-21-15(20)10-8-18-14(19-12(10)9(2)3)13-11(16)6-5-7-17-13/h5-9H,4H2,1-3H3. The molecule has 0 N–H and O–H groups in total. The molecule has 0 saturated carbocycles. The first-order valence-electron chi connectivity index (χ1n) is 6.69. The van der Waals surface area contributed by atoms with Gasteiger partial charge in [-0.1, -0.05) is 25.4 Å². The van der Waals surface area contributed by atoms with E-state index in [1.54, 1.807) is 25.3 Å². The highest BCUT2D eigenvalue weighted by molar-refractivity contribution is 6.32. The summed E-state index contributed by atoms with van der Waals surface area (Å²) < 4.78 is 5.03. The van der Waals surface area contributed by atoms with E-state index in [0.717, 1.165) is 0 Å². The van der Waals surface area contributed by atoms with Crippen molar-refractivity contribution in [2.24, 2.45) is 0 Å². The Morgan fingerprint density at radius 3 is 2.76 bits per heavy atom. The van der Waals surface area contributed by atoms with Crippen LogP contribution >= 0.6 is 11.6 Å². The van der Waals surface area contributed by atoms with Crippen LogP contribution in [0.3, 0.4) is 0 Å². The van der Waals surface area contributed by atoms with Crippen LogP contribution in [-0.2, 0) is 4.74 Å². The fourth-order valence-corrected chi connectivity index (χ4v) is 2.07. The summed E-state index contributed by atoms with van der Waals surface area (Å²) in [5.41, 5.74) is 1.50. The molecule has 0 aliphatic heterocycles. The van der Waals surface area contributed by atoms with E-state index in [4.69, 9.17) is 16.3 Å². The average Bonchev–Trinajstić information content (AvgIpc) is 2.47. The molecule has 2 aromatic rings. The van der Waals surface area contributed by atoms with Crippen LogP contribution in [0.4, 0.5) is 0 Å². The molecule has 2 rings (SSSR count). The summed E-state index contributed by atoms with van der Waals surface area (Å²) in [6.45, 7) is 5.98. The molecule has 5 nitrogen and oxygen atoms in total. The maximum Gasteiger partial charge on any atom is 0.341 e. The van der Waals surface area contributed by atoms with Crippen LogP contribution in [0.5, 0.6) is 0 Å². The van der Waals surface area contributed by atoms with Crippen LogP contribution in [0.15, 0.2) is 24.5 Å². The molecule has 0 fully saturated rings. The Morgan fingerprint density at radius 2 is 2.14 bits per heavy atom. The number of halogens is 1. The SMILES string of the molecule is CCOC(=O)c1cnc(-c2ncccc2Cl)nc1C(C)C. The number of pyridine rings is 1. The molecule has 0 aromatic carbocycles. The summed E-state index contributed by atoms with van der Waals surface area (Å²) in [5.74, 6) is 0.0332. The predicted octanol–water partition coefficient (Wildman–Crippen LogP) is 3.49. The Kier molecular flexibility index (Phi) is 4.85. The fraction of sp³-hybridized carbons (Fsp3) is 0.333. The lowest BCUT2D eigenvalue weighted by Gasteiger charge is -2.12. The van der Waals surface area contributed by atoms with Gasteiger partial charge in [0.05, 0.1) is 22.9 Å². The maximum atomic E-state index is 11.9. The van der Waals surface area contributed by atoms with Crippen molar-refractivity contribution in [1.29, 1.82) is 0 Å². The van der Waals surface area contributed by atoms with Crippen molar-refractivity contribution in [3.63, 3.8) is 0 Å². The van der Waals surface area contributed by atoms with Gasteiger partial charge in [-0.3, -0.25) is 4.98 Å². The molecular weight excluding hydrogens is 290 g/mol. The van der Waals surface area contributed by atoms with Crippen molar-refractivity contribution in [1.82, 2.24) is 15.0 Å². The molecule has 0 amide bonds. The van der Waals surface area contributed by atoms with Gasteiger partial charge in [0.2, 0.25) is 0 Å². The quantitative estimate of drug-likeness (QED) is 0.809. The van der Waals surface area contributed by atoms with Gasteiger partial charge >= 0.3 is 5.97 Å². The van der Waals surface area contributed by atoms with Crippen LogP contribution in [0.1, 0.15) is 42.7 Å². The molecule has 0 aliphatic rings. The molecule has 110 valence electrons. The number of hydrogen-bond acceptors (Lipinski definition) is 5. The van der Waals surface area contributed by atoms with Crippen LogP contribution < -0.4 is 0 Å². The molecule has 21 heavy (non-hydrogen) atoms. The first kappa shape index (κ1) is 15.4. The second-order valence-corrected chi connectivity index (χ2v) is 5.11. The maximum absolute atomic E-state index is 11.9. The minimum Gasteiger partial charge on any atom is -0.462 e. The smallest absolute Gasteiger partial charge is 0.341 e. The number of nitrogens with zero attached hydrogens (tertiary/aromatic N) is 3. The first-order valence-corrected chi connectivity index (χ1v) is 7.07. The Morgan fingerprint density at radius 1 is 1.38 bits per heavy atom. The van der Waals surface area contributed by atoms with E-state index >= 15 is 0 Å². The zero-order valence-corrected chi connectivity index (χ0v) is 12.9. The number of carbonyl (C=O) groups is 1. The first-order chi connectivity index (χ1) is 10.0. The average molecular weight is 306 g/mol. The van der Waals surface area contributed by atoms with E-state index in [0.29, 0.717) is 34.4 Å². The number of esters is 1. The van der Waals surface area contributed by atoms with E-state index in [-0.39, 0.29) is 5.92 Å². The summed E-state index contributed by atoms with van der Waals surface area (Å²) in [7, 11) is 0. The van der Waals surface area contributed by atoms with Crippen molar-refractivity contribution in [2.75, 3.05) is 6.61 Å². The molecule has 6 heteroatoms. The molecule has 0 spiro atoms.